The number of benzene rings is 3. The molecular formula is C27H28ClFN2O3. The summed E-state index contributed by atoms with van der Waals surface area (Å²) in [5.41, 5.74) is 1.59. The molecule has 0 fully saturated rings. The number of hydrogen-bond donors (Lipinski definition) is 1. The van der Waals surface area contributed by atoms with Crippen molar-refractivity contribution in [2.75, 3.05) is 6.61 Å². The first-order chi connectivity index (χ1) is 16.3. The lowest BCUT2D eigenvalue weighted by Crippen LogP contribution is -2.52. The molecule has 0 bridgehead atoms. The van der Waals surface area contributed by atoms with Crippen molar-refractivity contribution >= 4 is 23.4 Å². The molecule has 3 rings (SSSR count). The Morgan fingerprint density at radius 1 is 0.971 bits per heavy atom. The second kappa shape index (κ2) is 12.2. The van der Waals surface area contributed by atoms with E-state index in [4.69, 9.17) is 16.3 Å². The summed E-state index contributed by atoms with van der Waals surface area (Å²) in [4.78, 5) is 28.1. The summed E-state index contributed by atoms with van der Waals surface area (Å²) < 4.78 is 19.5. The quantitative estimate of drug-likeness (QED) is 0.441. The molecule has 0 heterocycles. The van der Waals surface area contributed by atoms with E-state index >= 15 is 0 Å². The number of rotatable bonds is 10. The number of nitrogens with zero attached hydrogens (tertiary/aromatic N) is 1. The van der Waals surface area contributed by atoms with Gasteiger partial charge >= 0.3 is 0 Å². The molecule has 0 unspecified atom stereocenters. The highest BCUT2D eigenvalue weighted by Crippen LogP contribution is 2.21. The molecule has 0 saturated heterocycles. The summed E-state index contributed by atoms with van der Waals surface area (Å²) in [6, 6.07) is 21.6. The van der Waals surface area contributed by atoms with E-state index in [9.17, 15) is 14.0 Å². The van der Waals surface area contributed by atoms with E-state index in [-0.39, 0.29) is 24.2 Å². The molecule has 7 heteroatoms. The first-order valence-corrected chi connectivity index (χ1v) is 11.5. The third kappa shape index (κ3) is 7.06. The Morgan fingerprint density at radius 3 is 2.29 bits per heavy atom. The standard InChI is InChI=1S/C27H28ClFN2O3/c1-19(2)30-27(33)24(16-20-10-4-3-5-11-20)31(17-21-12-6-7-13-22(21)28)26(32)18-34-25-15-9-8-14-23(25)29/h3-15,19,24H,16-18H2,1-2H3,(H,30,33)/t24-/m0/s1. The van der Waals surface area contributed by atoms with E-state index in [0.29, 0.717) is 17.0 Å². The molecule has 2 amide bonds. The van der Waals surface area contributed by atoms with Gasteiger partial charge in [0.1, 0.15) is 6.04 Å². The van der Waals surface area contributed by atoms with Crippen LogP contribution in [0.2, 0.25) is 5.02 Å². The Labute approximate surface area is 204 Å². The van der Waals surface area contributed by atoms with Gasteiger partial charge in [-0.15, -0.1) is 0 Å². The van der Waals surface area contributed by atoms with Crippen LogP contribution in [-0.4, -0.2) is 35.4 Å². The molecule has 3 aromatic carbocycles. The van der Waals surface area contributed by atoms with E-state index < -0.39 is 24.4 Å². The van der Waals surface area contributed by atoms with Crippen LogP contribution in [0.15, 0.2) is 78.9 Å². The number of hydrogen-bond acceptors (Lipinski definition) is 3. The summed E-state index contributed by atoms with van der Waals surface area (Å²) in [5, 5.41) is 3.40. The van der Waals surface area contributed by atoms with Crippen molar-refractivity contribution in [3.8, 4) is 5.75 Å². The van der Waals surface area contributed by atoms with Crippen molar-refractivity contribution in [2.45, 2.75) is 38.9 Å². The minimum Gasteiger partial charge on any atom is -0.481 e. The topological polar surface area (TPSA) is 58.6 Å². The second-order valence-electron chi connectivity index (χ2n) is 8.20. The van der Waals surface area contributed by atoms with Gasteiger partial charge < -0.3 is 15.0 Å². The van der Waals surface area contributed by atoms with Crippen LogP contribution < -0.4 is 10.1 Å². The number of halogens is 2. The molecule has 0 aliphatic carbocycles. The lowest BCUT2D eigenvalue weighted by molar-refractivity contribution is -0.143. The van der Waals surface area contributed by atoms with Crippen LogP contribution in [0.5, 0.6) is 5.75 Å². The molecule has 0 saturated carbocycles. The molecule has 0 radical (unpaired) electrons. The van der Waals surface area contributed by atoms with Crippen LogP contribution in [0.1, 0.15) is 25.0 Å². The van der Waals surface area contributed by atoms with Gasteiger partial charge in [0.2, 0.25) is 5.91 Å². The van der Waals surface area contributed by atoms with Gasteiger partial charge in [-0.3, -0.25) is 9.59 Å². The normalized spacial score (nSPS) is 11.7. The lowest BCUT2D eigenvalue weighted by atomic mass is 10.0. The van der Waals surface area contributed by atoms with Crippen LogP contribution in [-0.2, 0) is 22.6 Å². The molecule has 0 aliphatic rings. The van der Waals surface area contributed by atoms with Crippen LogP contribution in [0.3, 0.4) is 0 Å². The maximum absolute atomic E-state index is 14.0. The van der Waals surface area contributed by atoms with E-state index in [1.54, 1.807) is 30.3 Å². The highest BCUT2D eigenvalue weighted by molar-refractivity contribution is 6.31. The molecule has 0 aliphatic heterocycles. The average Bonchev–Trinajstić information content (AvgIpc) is 2.82. The molecule has 3 aromatic rings. The molecular weight excluding hydrogens is 455 g/mol. The number of amides is 2. The Bertz CT molecular complexity index is 1110. The monoisotopic (exact) mass is 482 g/mol. The SMILES string of the molecule is CC(C)NC(=O)[C@H](Cc1ccccc1)N(Cc1ccccc1Cl)C(=O)COc1ccccc1F. The maximum Gasteiger partial charge on any atom is 0.261 e. The number of carbonyl (C=O) groups is 2. The number of carbonyl (C=O) groups excluding carboxylic acids is 2. The van der Waals surface area contributed by atoms with Gasteiger partial charge in [-0.25, -0.2) is 4.39 Å². The third-order valence-corrected chi connectivity index (χ3v) is 5.56. The zero-order chi connectivity index (χ0) is 24.5. The van der Waals surface area contributed by atoms with Gasteiger partial charge in [0.15, 0.2) is 18.2 Å². The molecule has 0 spiro atoms. The molecule has 178 valence electrons. The minimum atomic E-state index is -0.821. The van der Waals surface area contributed by atoms with Gasteiger partial charge in [0.05, 0.1) is 0 Å². The predicted molar refractivity (Wildman–Crippen MR) is 131 cm³/mol. The second-order valence-corrected chi connectivity index (χ2v) is 8.61. The summed E-state index contributed by atoms with van der Waals surface area (Å²) in [7, 11) is 0. The number of para-hydroxylation sites is 1. The van der Waals surface area contributed by atoms with Gasteiger partial charge in [-0.2, -0.15) is 0 Å². The summed E-state index contributed by atoms with van der Waals surface area (Å²) in [6.07, 6.45) is 0.301. The molecule has 34 heavy (non-hydrogen) atoms. The predicted octanol–water partition coefficient (Wildman–Crippen LogP) is 5.02. The van der Waals surface area contributed by atoms with Gasteiger partial charge in [-0.05, 0) is 43.2 Å². The Hall–Kier alpha value is -3.38. The molecule has 5 nitrogen and oxygen atoms in total. The average molecular weight is 483 g/mol. The Balaban J connectivity index is 1.93. The summed E-state index contributed by atoms with van der Waals surface area (Å²) in [6.45, 7) is 3.39. The molecule has 1 atom stereocenters. The first kappa shape index (κ1) is 25.2. The largest absolute Gasteiger partial charge is 0.481 e. The summed E-state index contributed by atoms with van der Waals surface area (Å²) in [5.74, 6) is -1.33. The number of nitrogens with one attached hydrogen (secondary N) is 1. The Morgan fingerprint density at radius 2 is 1.62 bits per heavy atom. The maximum atomic E-state index is 14.0. The van der Waals surface area contributed by atoms with Crippen LogP contribution in [0.25, 0.3) is 0 Å². The van der Waals surface area contributed by atoms with Crippen molar-refractivity contribution in [3.63, 3.8) is 0 Å². The van der Waals surface area contributed by atoms with E-state index in [0.717, 1.165) is 5.56 Å². The Kier molecular flexibility index (Phi) is 9.05. The molecule has 1 N–H and O–H groups in total. The van der Waals surface area contributed by atoms with Crippen molar-refractivity contribution in [3.05, 3.63) is 101 Å². The molecule has 0 aromatic heterocycles. The van der Waals surface area contributed by atoms with E-state index in [1.165, 1.54) is 17.0 Å². The van der Waals surface area contributed by atoms with Crippen LogP contribution >= 0.6 is 11.6 Å². The van der Waals surface area contributed by atoms with E-state index in [1.807, 2.05) is 50.2 Å². The first-order valence-electron chi connectivity index (χ1n) is 11.1. The highest BCUT2D eigenvalue weighted by atomic mass is 35.5. The van der Waals surface area contributed by atoms with Gasteiger partial charge in [0, 0.05) is 24.0 Å². The van der Waals surface area contributed by atoms with Crippen LogP contribution in [0.4, 0.5) is 4.39 Å². The lowest BCUT2D eigenvalue weighted by Gasteiger charge is -2.32. The van der Waals surface area contributed by atoms with Gasteiger partial charge in [0.25, 0.3) is 5.91 Å². The van der Waals surface area contributed by atoms with E-state index in [2.05, 4.69) is 5.32 Å². The fraction of sp³-hybridized carbons (Fsp3) is 0.259. The zero-order valence-electron chi connectivity index (χ0n) is 19.2. The zero-order valence-corrected chi connectivity index (χ0v) is 20.0. The minimum absolute atomic E-state index is 0.0280. The summed E-state index contributed by atoms with van der Waals surface area (Å²) >= 11 is 6.38. The van der Waals surface area contributed by atoms with Crippen LogP contribution in [0, 0.1) is 5.82 Å². The highest BCUT2D eigenvalue weighted by Gasteiger charge is 2.31. The fourth-order valence-corrected chi connectivity index (χ4v) is 3.72. The van der Waals surface area contributed by atoms with Crippen molar-refractivity contribution in [1.82, 2.24) is 10.2 Å². The van der Waals surface area contributed by atoms with Crippen molar-refractivity contribution in [1.29, 1.82) is 0 Å². The van der Waals surface area contributed by atoms with Crippen molar-refractivity contribution < 1.29 is 18.7 Å². The van der Waals surface area contributed by atoms with Crippen molar-refractivity contribution in [2.24, 2.45) is 0 Å². The fourth-order valence-electron chi connectivity index (χ4n) is 3.53. The number of ether oxygens (including phenoxy) is 1. The third-order valence-electron chi connectivity index (χ3n) is 5.19. The van der Waals surface area contributed by atoms with Gasteiger partial charge in [-0.1, -0.05) is 72.3 Å². The smallest absolute Gasteiger partial charge is 0.261 e.